The number of rotatable bonds is 2. The second-order valence-corrected chi connectivity index (χ2v) is 6.08. The highest BCUT2D eigenvalue weighted by Gasteiger charge is 2.43. The maximum absolute atomic E-state index is 12.6. The van der Waals surface area contributed by atoms with Gasteiger partial charge in [-0.15, -0.1) is 0 Å². The molecule has 1 unspecified atom stereocenters. The van der Waals surface area contributed by atoms with E-state index in [-0.39, 0.29) is 29.4 Å². The molecule has 2 aromatic carbocycles. The molecule has 2 N–H and O–H groups in total. The fraction of sp³-hybridized carbons (Fsp3) is 0.158. The van der Waals surface area contributed by atoms with Crippen molar-refractivity contribution in [2.24, 2.45) is 10.9 Å². The summed E-state index contributed by atoms with van der Waals surface area (Å²) in [6.07, 6.45) is 0.194. The van der Waals surface area contributed by atoms with Gasteiger partial charge in [0, 0.05) is 28.8 Å². The largest absolute Gasteiger partial charge is 0.508 e. The molecule has 0 saturated heterocycles. The molecule has 2 aromatic rings. The number of aromatic hydroxyl groups is 1. The number of urea groups is 1. The number of Topliss-reactive ketones (excluding diaryl/α,β-unsaturated/α-hetero) is 2. The number of phenols is 1. The Morgan fingerprint density at radius 3 is 2.16 bits per heavy atom. The fourth-order valence-electron chi connectivity index (χ4n) is 3.42. The number of aliphatic imine (C=N–C) groups is 1. The van der Waals surface area contributed by atoms with Gasteiger partial charge in [0.05, 0.1) is 6.04 Å². The zero-order valence-corrected chi connectivity index (χ0v) is 13.1. The van der Waals surface area contributed by atoms with Crippen molar-refractivity contribution in [2.75, 3.05) is 0 Å². The summed E-state index contributed by atoms with van der Waals surface area (Å²) in [4.78, 5) is 41.2. The second kappa shape index (κ2) is 5.66. The van der Waals surface area contributed by atoms with E-state index in [9.17, 15) is 19.5 Å². The molecule has 0 fully saturated rings. The van der Waals surface area contributed by atoms with Gasteiger partial charge < -0.3 is 10.4 Å². The Labute approximate surface area is 143 Å². The fourth-order valence-corrected chi connectivity index (χ4v) is 3.42. The number of phenolic OH excluding ortho intramolecular Hbond substituents is 1. The van der Waals surface area contributed by atoms with Crippen LogP contribution in [0.4, 0.5) is 4.79 Å². The van der Waals surface area contributed by atoms with Gasteiger partial charge in [0.1, 0.15) is 11.7 Å². The number of nitrogens with zero attached hydrogens (tertiary/aromatic N) is 1. The van der Waals surface area contributed by atoms with Gasteiger partial charge in [0.2, 0.25) is 0 Å². The minimum absolute atomic E-state index is 0.0430. The van der Waals surface area contributed by atoms with Gasteiger partial charge in [-0.25, -0.2) is 9.79 Å². The number of carbonyl (C=O) groups is 3. The molecular formula is C19H14N2O4. The van der Waals surface area contributed by atoms with Crippen LogP contribution in [0.2, 0.25) is 0 Å². The average molecular weight is 334 g/mol. The zero-order valence-electron chi connectivity index (χ0n) is 13.1. The molecule has 0 aromatic heterocycles. The van der Waals surface area contributed by atoms with Crippen molar-refractivity contribution in [3.05, 3.63) is 65.2 Å². The first-order valence-electron chi connectivity index (χ1n) is 7.89. The van der Waals surface area contributed by atoms with Crippen molar-refractivity contribution >= 4 is 23.3 Å². The van der Waals surface area contributed by atoms with E-state index in [1.165, 1.54) is 6.07 Å². The summed E-state index contributed by atoms with van der Waals surface area (Å²) in [5.74, 6) is -1.67. The lowest BCUT2D eigenvalue weighted by atomic mass is 9.89. The van der Waals surface area contributed by atoms with Crippen molar-refractivity contribution in [3.8, 4) is 5.75 Å². The second-order valence-electron chi connectivity index (χ2n) is 6.08. The first-order chi connectivity index (χ1) is 12.1. The van der Waals surface area contributed by atoms with Crippen LogP contribution in [0, 0.1) is 5.92 Å². The molecule has 0 bridgehead atoms. The Hall–Kier alpha value is -3.28. The van der Waals surface area contributed by atoms with Crippen LogP contribution >= 0.6 is 0 Å². The molecule has 4 rings (SSSR count). The molecular weight excluding hydrogens is 320 g/mol. The first-order valence-corrected chi connectivity index (χ1v) is 7.89. The Morgan fingerprint density at radius 1 is 0.920 bits per heavy atom. The molecule has 0 radical (unpaired) electrons. The van der Waals surface area contributed by atoms with E-state index >= 15 is 0 Å². The van der Waals surface area contributed by atoms with Gasteiger partial charge in [-0.2, -0.15) is 0 Å². The summed E-state index contributed by atoms with van der Waals surface area (Å²) < 4.78 is 0. The summed E-state index contributed by atoms with van der Waals surface area (Å²) in [6.45, 7) is 0. The number of ketones is 2. The van der Waals surface area contributed by atoms with E-state index < -0.39 is 18.0 Å². The van der Waals surface area contributed by atoms with Crippen LogP contribution in [0.3, 0.4) is 0 Å². The number of hydrogen-bond donors (Lipinski definition) is 2. The minimum Gasteiger partial charge on any atom is -0.508 e. The van der Waals surface area contributed by atoms with Gasteiger partial charge in [0.25, 0.3) is 0 Å². The van der Waals surface area contributed by atoms with Crippen LogP contribution in [0.25, 0.3) is 0 Å². The van der Waals surface area contributed by atoms with E-state index in [0.717, 1.165) is 0 Å². The monoisotopic (exact) mass is 334 g/mol. The number of carbonyl (C=O) groups excluding carboxylic acids is 3. The van der Waals surface area contributed by atoms with Gasteiger partial charge in [-0.05, 0) is 6.07 Å². The van der Waals surface area contributed by atoms with Crippen molar-refractivity contribution in [1.29, 1.82) is 0 Å². The normalized spacial score (nSPS) is 20.2. The highest BCUT2D eigenvalue weighted by atomic mass is 16.3. The van der Waals surface area contributed by atoms with Crippen LogP contribution in [-0.2, 0) is 0 Å². The Kier molecular flexibility index (Phi) is 3.46. The van der Waals surface area contributed by atoms with Gasteiger partial charge in [0.15, 0.2) is 11.6 Å². The molecule has 124 valence electrons. The maximum atomic E-state index is 12.6. The topological polar surface area (TPSA) is 95.8 Å². The van der Waals surface area contributed by atoms with Crippen LogP contribution in [-0.4, -0.2) is 28.4 Å². The zero-order chi connectivity index (χ0) is 17.6. The average Bonchev–Trinajstić information content (AvgIpc) is 2.86. The molecule has 25 heavy (non-hydrogen) atoms. The molecule has 1 heterocycles. The summed E-state index contributed by atoms with van der Waals surface area (Å²) >= 11 is 0. The SMILES string of the molecule is O=C1N=C(C2C(=O)c3ccccc3C2=O)CC(c2ccccc2O)N1. The summed E-state index contributed by atoms with van der Waals surface area (Å²) in [6, 6.07) is 12.1. The lowest BCUT2D eigenvalue weighted by Gasteiger charge is -2.25. The molecule has 1 aliphatic heterocycles. The van der Waals surface area contributed by atoms with E-state index in [1.54, 1.807) is 42.5 Å². The number of nitrogens with one attached hydrogen (secondary N) is 1. The Bertz CT molecular complexity index is 913. The van der Waals surface area contributed by atoms with Crippen molar-refractivity contribution in [1.82, 2.24) is 5.32 Å². The molecule has 1 aliphatic carbocycles. The molecule has 6 nitrogen and oxygen atoms in total. The third-order valence-corrected chi connectivity index (χ3v) is 4.58. The van der Waals surface area contributed by atoms with Gasteiger partial charge in [-0.1, -0.05) is 42.5 Å². The van der Waals surface area contributed by atoms with Gasteiger partial charge >= 0.3 is 6.03 Å². The number of hydrogen-bond acceptors (Lipinski definition) is 4. The molecule has 0 saturated carbocycles. The number of fused-ring (bicyclic) bond motifs is 1. The lowest BCUT2D eigenvalue weighted by molar-refractivity contribution is 0.0882. The summed E-state index contributed by atoms with van der Waals surface area (Å²) in [7, 11) is 0. The summed E-state index contributed by atoms with van der Waals surface area (Å²) in [5.41, 5.74) is 1.50. The minimum atomic E-state index is -1.06. The van der Waals surface area contributed by atoms with Crippen molar-refractivity contribution < 1.29 is 19.5 Å². The maximum Gasteiger partial charge on any atom is 0.341 e. The van der Waals surface area contributed by atoms with Gasteiger partial charge in [-0.3, -0.25) is 9.59 Å². The third-order valence-electron chi connectivity index (χ3n) is 4.58. The lowest BCUT2D eigenvalue weighted by Crippen LogP contribution is -2.38. The number of amides is 2. The Balaban J connectivity index is 1.70. The smallest absolute Gasteiger partial charge is 0.341 e. The van der Waals surface area contributed by atoms with Crippen molar-refractivity contribution in [3.63, 3.8) is 0 Å². The number of benzene rings is 2. The van der Waals surface area contributed by atoms with Crippen molar-refractivity contribution in [2.45, 2.75) is 12.5 Å². The quantitative estimate of drug-likeness (QED) is 0.825. The molecule has 0 spiro atoms. The van der Waals surface area contributed by atoms with E-state index in [2.05, 4.69) is 10.3 Å². The standard InChI is InChI=1S/C19H14N2O4/c22-15-8-4-3-7-12(15)13-9-14(21-19(25)20-13)16-17(23)10-5-1-2-6-11(10)18(16)24/h1-8,13,16,22H,9H2,(H,20,25). The highest BCUT2D eigenvalue weighted by Crippen LogP contribution is 2.34. The Morgan fingerprint density at radius 2 is 1.52 bits per heavy atom. The molecule has 6 heteroatoms. The van der Waals surface area contributed by atoms with Crippen LogP contribution in [0.1, 0.15) is 38.7 Å². The molecule has 1 atom stereocenters. The highest BCUT2D eigenvalue weighted by molar-refractivity contribution is 6.37. The predicted octanol–water partition coefficient (Wildman–Crippen LogP) is 2.68. The number of para-hydroxylation sites is 1. The van der Waals surface area contributed by atoms with Crippen LogP contribution in [0.5, 0.6) is 5.75 Å². The molecule has 2 amide bonds. The van der Waals surface area contributed by atoms with E-state index in [0.29, 0.717) is 16.7 Å². The van der Waals surface area contributed by atoms with Crippen LogP contribution in [0.15, 0.2) is 53.5 Å². The first kappa shape index (κ1) is 15.3. The third kappa shape index (κ3) is 2.42. The van der Waals surface area contributed by atoms with Crippen LogP contribution < -0.4 is 5.32 Å². The van der Waals surface area contributed by atoms with E-state index in [1.807, 2.05) is 0 Å². The predicted molar refractivity (Wildman–Crippen MR) is 90.0 cm³/mol. The van der Waals surface area contributed by atoms with E-state index in [4.69, 9.17) is 0 Å². The summed E-state index contributed by atoms with van der Waals surface area (Å²) in [5, 5.41) is 12.7. The molecule has 2 aliphatic rings.